The first-order valence-electron chi connectivity index (χ1n) is 17.1. The van der Waals surface area contributed by atoms with Crippen LogP contribution in [0.25, 0.3) is 39.3 Å². The number of fused-ring (bicyclic) bond motifs is 1. The van der Waals surface area contributed by atoms with Gasteiger partial charge in [-0.1, -0.05) is 41.4 Å². The summed E-state index contributed by atoms with van der Waals surface area (Å²) >= 11 is 14.2. The Morgan fingerprint density at radius 2 is 1.87 bits per heavy atom. The number of halogens is 2. The third kappa shape index (κ3) is 7.58. The summed E-state index contributed by atoms with van der Waals surface area (Å²) < 4.78 is 12.9. The maximum absolute atomic E-state index is 12.1. The van der Waals surface area contributed by atoms with Crippen molar-refractivity contribution in [3.8, 4) is 45.3 Å². The van der Waals surface area contributed by atoms with Crippen molar-refractivity contribution in [2.45, 2.75) is 63.4 Å². The van der Waals surface area contributed by atoms with Crippen LogP contribution in [0.5, 0.6) is 11.6 Å². The minimum atomic E-state index is -1.11. The summed E-state index contributed by atoms with van der Waals surface area (Å²) in [5.41, 5.74) is 4.04. The van der Waals surface area contributed by atoms with Crippen molar-refractivity contribution in [1.29, 1.82) is 0 Å². The first-order chi connectivity index (χ1) is 25.4. The molecule has 1 aliphatic carbocycles. The minimum absolute atomic E-state index is 0.0231. The van der Waals surface area contributed by atoms with Crippen LogP contribution in [0.3, 0.4) is 0 Å². The molecule has 4 aromatic heterocycles. The molecule has 1 saturated carbocycles. The Kier molecular flexibility index (Phi) is 10.1. The van der Waals surface area contributed by atoms with Crippen molar-refractivity contribution in [1.82, 2.24) is 40.1 Å². The van der Waals surface area contributed by atoms with Crippen LogP contribution in [0.2, 0.25) is 10.0 Å². The molecular formula is C37H38Cl2N8O6. The number of aliphatic hydroxyl groups is 1. The number of ether oxygens (including phenoxy) is 2. The van der Waals surface area contributed by atoms with Crippen molar-refractivity contribution in [3.05, 3.63) is 76.3 Å². The third-order valence-corrected chi connectivity index (χ3v) is 10.4. The highest BCUT2D eigenvalue weighted by molar-refractivity contribution is 6.39. The van der Waals surface area contributed by atoms with Gasteiger partial charge in [0.15, 0.2) is 17.2 Å². The van der Waals surface area contributed by atoms with E-state index in [0.717, 1.165) is 0 Å². The van der Waals surface area contributed by atoms with Crippen LogP contribution in [-0.2, 0) is 17.9 Å². The van der Waals surface area contributed by atoms with Crippen molar-refractivity contribution in [3.63, 3.8) is 0 Å². The SMILES string of the molecule is COc1nc(-c2cccc(-c3ccnc(-c4cc(OC)c5nc(CNC6CC(C)(O)C6)nn5c4)c3Cl)c2Cl)ccc1CN(C[C@@H]1CCC(=O)N1)C(=O)O. The second-order valence-corrected chi connectivity index (χ2v) is 14.4. The lowest BCUT2D eigenvalue weighted by Gasteiger charge is -2.41. The van der Waals surface area contributed by atoms with Crippen LogP contribution in [-0.4, -0.2) is 90.1 Å². The molecule has 1 saturated heterocycles. The monoisotopic (exact) mass is 760 g/mol. The average molecular weight is 762 g/mol. The molecule has 5 aromatic rings. The number of nitrogens with one attached hydrogen (secondary N) is 2. The van der Waals surface area contributed by atoms with Crippen molar-refractivity contribution in [2.75, 3.05) is 20.8 Å². The Morgan fingerprint density at radius 3 is 2.57 bits per heavy atom. The van der Waals surface area contributed by atoms with Crippen LogP contribution in [0.1, 0.15) is 44.0 Å². The number of carbonyl (C=O) groups is 2. The molecule has 2 aliphatic rings. The summed E-state index contributed by atoms with van der Waals surface area (Å²) in [5, 5.41) is 31.6. The number of hydrogen-bond acceptors (Lipinski definition) is 10. The summed E-state index contributed by atoms with van der Waals surface area (Å²) in [4.78, 5) is 38.9. The number of rotatable bonds is 12. The zero-order valence-corrected chi connectivity index (χ0v) is 30.8. The lowest BCUT2D eigenvalue weighted by Crippen LogP contribution is -2.51. The fourth-order valence-corrected chi connectivity index (χ4v) is 7.59. The summed E-state index contributed by atoms with van der Waals surface area (Å²) in [6.45, 7) is 2.44. The number of carboxylic acid groups (broad SMARTS) is 1. The molecule has 0 unspecified atom stereocenters. The molecule has 1 atom stereocenters. The van der Waals surface area contributed by atoms with Crippen molar-refractivity contribution >= 4 is 40.8 Å². The normalized spacial score (nSPS) is 19.5. The third-order valence-electron chi connectivity index (χ3n) is 9.60. The maximum atomic E-state index is 12.1. The summed E-state index contributed by atoms with van der Waals surface area (Å²) in [6.07, 6.45) is 4.65. The minimum Gasteiger partial charge on any atom is -0.493 e. The molecule has 53 heavy (non-hydrogen) atoms. The van der Waals surface area contributed by atoms with Crippen molar-refractivity contribution < 1.29 is 29.3 Å². The zero-order valence-electron chi connectivity index (χ0n) is 29.3. The number of methoxy groups -OCH3 is 2. The lowest BCUT2D eigenvalue weighted by atomic mass is 9.77. The molecule has 2 fully saturated rings. The quantitative estimate of drug-likeness (QED) is 0.124. The van der Waals surface area contributed by atoms with E-state index >= 15 is 0 Å². The first-order valence-corrected chi connectivity index (χ1v) is 17.8. The number of benzene rings is 1. The molecule has 4 N–H and O–H groups in total. The van der Waals surface area contributed by atoms with E-state index in [9.17, 15) is 19.8 Å². The predicted molar refractivity (Wildman–Crippen MR) is 198 cm³/mol. The number of nitrogens with zero attached hydrogens (tertiary/aromatic N) is 6. The highest BCUT2D eigenvalue weighted by Gasteiger charge is 2.38. The molecule has 0 radical (unpaired) electrons. The van der Waals surface area contributed by atoms with Gasteiger partial charge in [-0.15, -0.1) is 5.10 Å². The number of hydrogen-bond donors (Lipinski definition) is 4. The fraction of sp³-hybridized carbons (Fsp3) is 0.351. The molecule has 1 aromatic carbocycles. The van der Waals surface area contributed by atoms with Gasteiger partial charge < -0.3 is 35.2 Å². The van der Waals surface area contributed by atoms with E-state index < -0.39 is 11.7 Å². The van der Waals surface area contributed by atoms with Gasteiger partial charge in [0.25, 0.3) is 0 Å². The van der Waals surface area contributed by atoms with E-state index in [1.54, 1.807) is 42.2 Å². The van der Waals surface area contributed by atoms with E-state index in [0.29, 0.717) is 98.7 Å². The molecule has 16 heteroatoms. The highest BCUT2D eigenvalue weighted by atomic mass is 35.5. The summed E-state index contributed by atoms with van der Waals surface area (Å²) in [5.74, 6) is 1.25. The summed E-state index contributed by atoms with van der Waals surface area (Å²) in [6, 6.07) is 12.6. The first kappa shape index (κ1) is 36.3. The standard InChI is InChI=1S/C37H38Cl2N8O6/c1-37(51)14-23(15-37)41-16-29-44-34-28(52-2)13-21(18-47(34)45-29)33-32(39)25(11-12-40-33)24-5-4-6-26(31(24)38)27-9-7-20(35(43-27)53-3)17-46(36(49)50)19-22-8-10-30(48)42-22/h4-7,9,11-13,18,22-23,41,51H,8,10,14-17,19H2,1-3H3,(H,42,48)(H,49,50)/t22-,23?,37?/m0/s1. The fourth-order valence-electron chi connectivity index (χ4n) is 6.94. The van der Waals surface area contributed by atoms with Gasteiger partial charge in [0.2, 0.25) is 11.8 Å². The Morgan fingerprint density at radius 1 is 1.09 bits per heavy atom. The highest BCUT2D eigenvalue weighted by Crippen LogP contribution is 2.42. The van der Waals surface area contributed by atoms with Crippen LogP contribution in [0.15, 0.2) is 54.9 Å². The number of pyridine rings is 3. The van der Waals surface area contributed by atoms with Crippen LogP contribution in [0.4, 0.5) is 4.79 Å². The van der Waals surface area contributed by atoms with Gasteiger partial charge in [0.05, 0.1) is 54.3 Å². The smallest absolute Gasteiger partial charge is 0.407 e. The van der Waals surface area contributed by atoms with E-state index in [4.69, 9.17) is 37.7 Å². The van der Waals surface area contributed by atoms with Crippen LogP contribution >= 0.6 is 23.2 Å². The molecule has 1 aliphatic heterocycles. The van der Waals surface area contributed by atoms with E-state index in [1.807, 2.05) is 31.2 Å². The van der Waals surface area contributed by atoms with Gasteiger partial charge in [0, 0.05) is 65.3 Å². The average Bonchev–Trinajstić information content (AvgIpc) is 3.74. The lowest BCUT2D eigenvalue weighted by molar-refractivity contribution is -0.119. The van der Waals surface area contributed by atoms with Gasteiger partial charge in [-0.25, -0.2) is 19.3 Å². The van der Waals surface area contributed by atoms with Crippen molar-refractivity contribution in [2.24, 2.45) is 0 Å². The Labute approximate surface area is 315 Å². The molecule has 7 rings (SSSR count). The maximum Gasteiger partial charge on any atom is 0.407 e. The molecular weight excluding hydrogens is 723 g/mol. The van der Waals surface area contributed by atoms with E-state index in [-0.39, 0.29) is 37.0 Å². The van der Waals surface area contributed by atoms with E-state index in [1.165, 1.54) is 12.0 Å². The Hall–Kier alpha value is -5.02. The number of aromatic nitrogens is 5. The van der Waals surface area contributed by atoms with Crippen LogP contribution < -0.4 is 20.1 Å². The molecule has 5 heterocycles. The van der Waals surface area contributed by atoms with Gasteiger partial charge in [-0.05, 0) is 50.5 Å². The number of carbonyl (C=O) groups excluding carboxylic acids is 1. The van der Waals surface area contributed by atoms with Gasteiger partial charge in [-0.3, -0.25) is 9.78 Å². The number of amides is 2. The van der Waals surface area contributed by atoms with Crippen LogP contribution in [0, 0.1) is 0 Å². The largest absolute Gasteiger partial charge is 0.493 e. The second kappa shape index (κ2) is 14.8. The molecule has 0 spiro atoms. The van der Waals surface area contributed by atoms with Gasteiger partial charge in [-0.2, -0.15) is 0 Å². The molecule has 14 nitrogen and oxygen atoms in total. The van der Waals surface area contributed by atoms with Gasteiger partial charge >= 0.3 is 6.09 Å². The zero-order chi connectivity index (χ0) is 37.4. The predicted octanol–water partition coefficient (Wildman–Crippen LogP) is 5.61. The summed E-state index contributed by atoms with van der Waals surface area (Å²) in [7, 11) is 3.03. The molecule has 2 amide bonds. The van der Waals surface area contributed by atoms with Gasteiger partial charge in [0.1, 0.15) is 0 Å². The molecule has 276 valence electrons. The Bertz CT molecular complexity index is 2200. The van der Waals surface area contributed by atoms with E-state index in [2.05, 4.69) is 25.7 Å². The second-order valence-electron chi connectivity index (χ2n) is 13.6. The molecule has 0 bridgehead atoms. The topological polar surface area (TPSA) is 176 Å². The Balaban J connectivity index is 1.15.